The molecule has 0 radical (unpaired) electrons. The molecule has 51 heavy (non-hydrogen) atoms. The number of phosphoric ester groups is 1. The van der Waals surface area contributed by atoms with E-state index in [1.54, 1.807) is 0 Å². The van der Waals surface area contributed by atoms with E-state index in [0.717, 1.165) is 44.9 Å². The highest BCUT2D eigenvalue weighted by atomic mass is 31.2. The number of unbranched alkanes of at least 4 members (excludes halogenated alkanes) is 24. The van der Waals surface area contributed by atoms with Crippen molar-refractivity contribution in [2.24, 2.45) is 5.73 Å². The normalized spacial score (nSPS) is 13.7. The molecular weight excluding hydrogens is 673 g/mol. The summed E-state index contributed by atoms with van der Waals surface area (Å²) in [6, 6.07) is -1.52. The van der Waals surface area contributed by atoms with Gasteiger partial charge in [0, 0.05) is 12.8 Å². The number of hydrogen-bond donors (Lipinski definition) is 3. The third kappa shape index (κ3) is 35.0. The van der Waals surface area contributed by atoms with E-state index in [1.807, 2.05) is 6.08 Å². The minimum absolute atomic E-state index is 0.166. The Morgan fingerprint density at radius 3 is 1.45 bits per heavy atom. The van der Waals surface area contributed by atoms with E-state index in [-0.39, 0.29) is 19.4 Å². The van der Waals surface area contributed by atoms with E-state index in [2.05, 4.69) is 18.0 Å². The molecule has 0 rings (SSSR count). The predicted molar refractivity (Wildman–Crippen MR) is 203 cm³/mol. The quantitative estimate of drug-likeness (QED) is 0.0236. The number of rotatable bonds is 39. The van der Waals surface area contributed by atoms with Crippen molar-refractivity contribution >= 4 is 25.7 Å². The van der Waals surface area contributed by atoms with Crippen LogP contribution < -0.4 is 5.73 Å². The van der Waals surface area contributed by atoms with E-state index in [9.17, 15) is 23.8 Å². The zero-order chi connectivity index (χ0) is 37.8. The minimum Gasteiger partial charge on any atom is -0.480 e. The van der Waals surface area contributed by atoms with Gasteiger partial charge in [-0.2, -0.15) is 0 Å². The zero-order valence-corrected chi connectivity index (χ0v) is 32.9. The summed E-state index contributed by atoms with van der Waals surface area (Å²) in [6.07, 6.45) is 31.7. The first kappa shape index (κ1) is 49.2. The first-order valence-corrected chi connectivity index (χ1v) is 21.7. The molecule has 0 aliphatic heterocycles. The zero-order valence-electron chi connectivity index (χ0n) is 32.0. The fraction of sp³-hybridized carbons (Fsp3) is 0.872. The topological polar surface area (TPSA) is 172 Å². The van der Waals surface area contributed by atoms with Crippen molar-refractivity contribution in [2.45, 2.75) is 199 Å². The summed E-state index contributed by atoms with van der Waals surface area (Å²) in [6.45, 7) is 4.32. The van der Waals surface area contributed by atoms with Crippen LogP contribution in [0.2, 0.25) is 0 Å². The smallest absolute Gasteiger partial charge is 0.472 e. The summed E-state index contributed by atoms with van der Waals surface area (Å²) in [5.74, 6) is -2.37. The monoisotopic (exact) mass is 748 g/mol. The fourth-order valence-corrected chi connectivity index (χ4v) is 6.47. The number of ether oxygens (including phenoxy) is 2. The fourth-order valence-electron chi connectivity index (χ4n) is 5.69. The van der Waals surface area contributed by atoms with Gasteiger partial charge in [0.15, 0.2) is 6.10 Å². The van der Waals surface area contributed by atoms with Crippen LogP contribution in [0.1, 0.15) is 187 Å². The van der Waals surface area contributed by atoms with Gasteiger partial charge in [0.25, 0.3) is 0 Å². The highest BCUT2D eigenvalue weighted by Gasteiger charge is 2.28. The number of nitrogens with two attached hydrogens (primary N) is 1. The Hall–Kier alpha value is -1.78. The molecule has 4 N–H and O–H groups in total. The third-order valence-corrected chi connectivity index (χ3v) is 9.86. The van der Waals surface area contributed by atoms with Crippen LogP contribution in [0.4, 0.5) is 0 Å². The summed E-state index contributed by atoms with van der Waals surface area (Å²) in [5.41, 5.74) is 5.32. The van der Waals surface area contributed by atoms with Gasteiger partial charge in [-0.05, 0) is 25.7 Å². The Bertz CT molecular complexity index is 918. The Kier molecular flexibility index (Phi) is 34.0. The average Bonchev–Trinajstić information content (AvgIpc) is 3.10. The number of carboxylic acids is 1. The van der Waals surface area contributed by atoms with E-state index in [1.165, 1.54) is 109 Å². The van der Waals surface area contributed by atoms with Gasteiger partial charge in [-0.25, -0.2) is 4.57 Å². The van der Waals surface area contributed by atoms with Gasteiger partial charge in [0.2, 0.25) is 0 Å². The molecule has 0 aliphatic carbocycles. The molecular formula is C39H74NO10P. The molecule has 300 valence electrons. The maximum Gasteiger partial charge on any atom is 0.472 e. The van der Waals surface area contributed by atoms with Crippen LogP contribution in [-0.2, 0) is 37.5 Å². The van der Waals surface area contributed by atoms with Gasteiger partial charge in [0.1, 0.15) is 12.6 Å². The Balaban J connectivity index is 4.35. The Labute approximate surface area is 309 Å². The molecule has 3 atom stereocenters. The Morgan fingerprint density at radius 2 is 1.02 bits per heavy atom. The summed E-state index contributed by atoms with van der Waals surface area (Å²) < 4.78 is 32.6. The van der Waals surface area contributed by atoms with Gasteiger partial charge in [0.05, 0.1) is 13.2 Å². The Morgan fingerprint density at radius 1 is 0.627 bits per heavy atom. The van der Waals surface area contributed by atoms with Gasteiger partial charge in [-0.3, -0.25) is 23.4 Å². The molecule has 0 bridgehead atoms. The van der Waals surface area contributed by atoms with E-state index in [0.29, 0.717) is 12.8 Å². The third-order valence-electron chi connectivity index (χ3n) is 8.91. The molecule has 0 fully saturated rings. The van der Waals surface area contributed by atoms with Crippen molar-refractivity contribution < 1.29 is 47.5 Å². The SMILES string of the molecule is C=CCCCCCCCCCCCCCCCC(=O)OC[C@H](COP(=O)(O)OC[C@H](N)C(=O)O)OC(=O)CCCCCCCCCCCCCC. The number of carboxylic acid groups (broad SMARTS) is 1. The maximum atomic E-state index is 12.6. The largest absolute Gasteiger partial charge is 0.480 e. The number of hydrogen-bond acceptors (Lipinski definition) is 9. The first-order valence-electron chi connectivity index (χ1n) is 20.2. The molecule has 0 saturated heterocycles. The molecule has 0 aromatic heterocycles. The van der Waals surface area contributed by atoms with Gasteiger partial charge in [-0.1, -0.05) is 154 Å². The molecule has 11 nitrogen and oxygen atoms in total. The lowest BCUT2D eigenvalue weighted by molar-refractivity contribution is -0.161. The molecule has 1 unspecified atom stereocenters. The maximum absolute atomic E-state index is 12.6. The molecule has 0 aromatic carbocycles. The van der Waals surface area contributed by atoms with Crippen molar-refractivity contribution in [3.8, 4) is 0 Å². The predicted octanol–water partition coefficient (Wildman–Crippen LogP) is 10.1. The van der Waals surface area contributed by atoms with Crippen LogP contribution in [0.5, 0.6) is 0 Å². The van der Waals surface area contributed by atoms with Gasteiger partial charge in [-0.15, -0.1) is 6.58 Å². The summed E-state index contributed by atoms with van der Waals surface area (Å²) in [7, 11) is -4.70. The van der Waals surface area contributed by atoms with Crippen LogP contribution in [0.3, 0.4) is 0 Å². The number of carbonyl (C=O) groups is 3. The van der Waals surface area contributed by atoms with E-state index < -0.39 is 51.1 Å². The van der Waals surface area contributed by atoms with Crippen molar-refractivity contribution in [1.82, 2.24) is 0 Å². The van der Waals surface area contributed by atoms with E-state index in [4.69, 9.17) is 24.8 Å². The lowest BCUT2D eigenvalue weighted by Gasteiger charge is -2.20. The highest BCUT2D eigenvalue weighted by Crippen LogP contribution is 2.43. The second-order valence-electron chi connectivity index (χ2n) is 13.9. The minimum atomic E-state index is -4.70. The molecule has 0 amide bonds. The molecule has 0 saturated carbocycles. The van der Waals surface area contributed by atoms with Crippen LogP contribution in [0.15, 0.2) is 12.7 Å². The van der Waals surface area contributed by atoms with Crippen LogP contribution in [0, 0.1) is 0 Å². The van der Waals surface area contributed by atoms with Crippen LogP contribution in [0.25, 0.3) is 0 Å². The second kappa shape index (κ2) is 35.3. The molecule has 0 aromatic rings. The summed E-state index contributed by atoms with van der Waals surface area (Å²) in [4.78, 5) is 45.8. The average molecular weight is 748 g/mol. The van der Waals surface area contributed by atoms with Crippen LogP contribution >= 0.6 is 7.82 Å². The molecule has 0 spiro atoms. The van der Waals surface area contributed by atoms with E-state index >= 15 is 0 Å². The van der Waals surface area contributed by atoms with Gasteiger partial charge >= 0.3 is 25.7 Å². The molecule has 0 aliphatic rings. The van der Waals surface area contributed by atoms with Crippen molar-refractivity contribution in [3.63, 3.8) is 0 Å². The highest BCUT2D eigenvalue weighted by molar-refractivity contribution is 7.47. The lowest BCUT2D eigenvalue weighted by Crippen LogP contribution is -2.34. The number of esters is 2. The van der Waals surface area contributed by atoms with Crippen molar-refractivity contribution in [3.05, 3.63) is 12.7 Å². The number of aliphatic carboxylic acids is 1. The number of allylic oxidation sites excluding steroid dienone is 1. The number of phosphoric acid groups is 1. The number of carbonyl (C=O) groups excluding carboxylic acids is 2. The molecule has 0 heterocycles. The van der Waals surface area contributed by atoms with Crippen LogP contribution in [-0.4, -0.2) is 59.9 Å². The van der Waals surface area contributed by atoms with Crippen molar-refractivity contribution in [1.29, 1.82) is 0 Å². The lowest BCUT2D eigenvalue weighted by atomic mass is 10.0. The standard InChI is InChI=1S/C39H74NO10P/c1-3-5-7-9-11-13-15-17-18-19-21-22-24-26-28-30-37(41)47-32-35(33-48-51(45,46)49-34-36(40)39(43)44)50-38(42)31-29-27-25-23-20-16-14-12-10-8-6-4-2/h3,35-36H,1,4-34,40H2,2H3,(H,43,44)(H,45,46)/t35-,36+/m1/s1. The molecule has 12 heteroatoms. The summed E-state index contributed by atoms with van der Waals surface area (Å²) in [5, 5.41) is 8.86. The van der Waals surface area contributed by atoms with Crippen molar-refractivity contribution in [2.75, 3.05) is 19.8 Å². The van der Waals surface area contributed by atoms with Gasteiger partial charge < -0.3 is 25.2 Å². The first-order chi connectivity index (χ1) is 24.6. The summed E-state index contributed by atoms with van der Waals surface area (Å²) >= 11 is 0. The second-order valence-corrected chi connectivity index (χ2v) is 15.3.